The maximum atomic E-state index is 13.0. The third kappa shape index (κ3) is 7.87. The number of aromatic nitrogens is 1. The van der Waals surface area contributed by atoms with E-state index in [0.717, 1.165) is 0 Å². The van der Waals surface area contributed by atoms with Gasteiger partial charge in [0.25, 0.3) is 0 Å². The van der Waals surface area contributed by atoms with Crippen molar-refractivity contribution < 1.29 is 32.2 Å². The zero-order valence-corrected chi connectivity index (χ0v) is 16.2. The summed E-state index contributed by atoms with van der Waals surface area (Å²) in [6, 6.07) is 0.696. The second-order valence-corrected chi connectivity index (χ2v) is 5.53. The Morgan fingerprint density at radius 1 is 1.04 bits per heavy atom. The van der Waals surface area contributed by atoms with Gasteiger partial charge >= 0.3 is 18.4 Å². The lowest BCUT2D eigenvalue weighted by molar-refractivity contribution is -0.137. The summed E-state index contributed by atoms with van der Waals surface area (Å²) < 4.78 is 48.1. The van der Waals surface area contributed by atoms with E-state index in [0.29, 0.717) is 12.3 Å². The molecule has 0 bridgehead atoms. The molecule has 0 atom stereocenters. The molecule has 0 saturated heterocycles. The third-order valence-corrected chi connectivity index (χ3v) is 3.09. The van der Waals surface area contributed by atoms with Gasteiger partial charge in [0.15, 0.2) is 16.0 Å². The normalized spacial score (nSPS) is 10.5. The number of carbonyl (C=O) groups is 2. The number of halogens is 3. The van der Waals surface area contributed by atoms with Crippen LogP contribution in [-0.2, 0) is 15.7 Å². The lowest BCUT2D eigenvalue weighted by Crippen LogP contribution is -2.36. The molecule has 1 rings (SSSR count). The molecule has 0 radical (unpaired) electrons. The molecule has 0 aliphatic rings. The van der Waals surface area contributed by atoms with Gasteiger partial charge in [0.05, 0.1) is 24.5 Å². The van der Waals surface area contributed by atoms with Crippen molar-refractivity contribution in [3.8, 4) is 0 Å². The van der Waals surface area contributed by atoms with Gasteiger partial charge < -0.3 is 20.1 Å². The van der Waals surface area contributed by atoms with Gasteiger partial charge in [-0.15, -0.1) is 0 Å². The molecule has 4 N–H and O–H groups in total. The molecule has 14 heteroatoms. The third-order valence-electron chi connectivity index (χ3n) is 2.68. The number of hydrogen-bond donors (Lipinski definition) is 4. The molecular weight excluding hydrogens is 423 g/mol. The van der Waals surface area contributed by atoms with Crippen LogP contribution in [-0.4, -0.2) is 40.6 Å². The van der Waals surface area contributed by atoms with Crippen molar-refractivity contribution in [2.75, 3.05) is 23.8 Å². The van der Waals surface area contributed by atoms with Gasteiger partial charge in [0.1, 0.15) is 0 Å². The van der Waals surface area contributed by atoms with Gasteiger partial charge in [-0.2, -0.15) is 13.2 Å². The Balaban J connectivity index is 3.02. The van der Waals surface area contributed by atoms with Crippen LogP contribution in [0.25, 0.3) is 0 Å². The monoisotopic (exact) mass is 439 g/mol. The van der Waals surface area contributed by atoms with Crippen molar-refractivity contribution >= 4 is 58.4 Å². The van der Waals surface area contributed by atoms with Crippen molar-refractivity contribution in [1.29, 1.82) is 0 Å². The highest BCUT2D eigenvalue weighted by Gasteiger charge is 2.32. The number of hydrogen-bond acceptors (Lipinski definition) is 7. The fraction of sp³-hybridized carbons (Fsp3) is 0.357. The SMILES string of the molecule is CCOC(=O)NC(=S)Nc1cc(C(F)(F)F)cnc1NC(=S)NC(=O)OCC. The summed E-state index contributed by atoms with van der Waals surface area (Å²) in [5.74, 6) is -0.192. The molecule has 0 saturated carbocycles. The number of alkyl halides is 3. The molecule has 1 aromatic rings. The summed E-state index contributed by atoms with van der Waals surface area (Å²) in [4.78, 5) is 26.3. The molecule has 28 heavy (non-hydrogen) atoms. The Kier molecular flexibility index (Phi) is 8.78. The van der Waals surface area contributed by atoms with E-state index in [-0.39, 0.29) is 34.9 Å². The Labute approximate surface area is 168 Å². The molecule has 0 aliphatic heterocycles. The van der Waals surface area contributed by atoms with Gasteiger partial charge in [-0.25, -0.2) is 14.6 Å². The first-order valence-electron chi connectivity index (χ1n) is 7.63. The average molecular weight is 439 g/mol. The maximum Gasteiger partial charge on any atom is 0.417 e. The van der Waals surface area contributed by atoms with Gasteiger partial charge in [-0.3, -0.25) is 10.6 Å². The minimum absolute atomic E-state index is 0.0696. The molecule has 0 fully saturated rings. The zero-order chi connectivity index (χ0) is 21.3. The topological polar surface area (TPSA) is 114 Å². The number of anilines is 2. The van der Waals surface area contributed by atoms with Crippen LogP contribution in [0.3, 0.4) is 0 Å². The second kappa shape index (κ2) is 10.6. The molecule has 0 aromatic carbocycles. The van der Waals surface area contributed by atoms with Crippen LogP contribution in [0.15, 0.2) is 12.3 Å². The van der Waals surface area contributed by atoms with Gasteiger partial charge in [0, 0.05) is 6.20 Å². The fourth-order valence-corrected chi connectivity index (χ4v) is 2.00. The van der Waals surface area contributed by atoms with E-state index < -0.39 is 23.9 Å². The van der Waals surface area contributed by atoms with Gasteiger partial charge in [0.2, 0.25) is 0 Å². The molecule has 0 spiro atoms. The molecular formula is C14H16F3N5O4S2. The maximum absolute atomic E-state index is 13.0. The van der Waals surface area contributed by atoms with E-state index in [4.69, 9.17) is 24.4 Å². The van der Waals surface area contributed by atoms with Crippen LogP contribution in [0.5, 0.6) is 0 Å². The lowest BCUT2D eigenvalue weighted by atomic mass is 10.2. The highest BCUT2D eigenvalue weighted by atomic mass is 32.1. The van der Waals surface area contributed by atoms with E-state index in [1.54, 1.807) is 13.8 Å². The number of ether oxygens (including phenoxy) is 2. The van der Waals surface area contributed by atoms with E-state index >= 15 is 0 Å². The van der Waals surface area contributed by atoms with Crippen molar-refractivity contribution in [3.63, 3.8) is 0 Å². The van der Waals surface area contributed by atoms with Crippen molar-refractivity contribution in [3.05, 3.63) is 17.8 Å². The largest absolute Gasteiger partial charge is 0.450 e. The minimum Gasteiger partial charge on any atom is -0.450 e. The van der Waals surface area contributed by atoms with Gasteiger partial charge in [-0.05, 0) is 44.3 Å². The first kappa shape index (κ1) is 23.3. The predicted octanol–water partition coefficient (Wildman–Crippen LogP) is 2.99. The van der Waals surface area contributed by atoms with Crippen LogP contribution < -0.4 is 21.3 Å². The number of nitrogens with zero attached hydrogens (tertiary/aromatic N) is 1. The fourth-order valence-electron chi connectivity index (χ4n) is 1.63. The van der Waals surface area contributed by atoms with Crippen LogP contribution in [0.2, 0.25) is 0 Å². The number of alkyl carbamates (subject to hydrolysis) is 2. The van der Waals surface area contributed by atoms with E-state index in [1.807, 2.05) is 0 Å². The molecule has 154 valence electrons. The highest BCUT2D eigenvalue weighted by molar-refractivity contribution is 7.80. The standard InChI is InChI=1S/C14H16F3N5O4S2/c1-3-25-12(23)21-10(27)19-8-5-7(14(15,16)17)6-18-9(8)20-11(28)22-13(24)26-4-2/h5-6H,3-4H2,1-2H3,(H2,19,21,23,27)(H2,18,20,22,24,28). The molecule has 0 aliphatic carbocycles. The molecule has 2 amide bonds. The highest BCUT2D eigenvalue weighted by Crippen LogP contribution is 2.32. The number of rotatable bonds is 4. The predicted molar refractivity (Wildman–Crippen MR) is 102 cm³/mol. The average Bonchev–Trinajstić information content (AvgIpc) is 2.55. The Hall–Kier alpha value is -2.74. The summed E-state index contributed by atoms with van der Waals surface area (Å²) in [7, 11) is 0. The first-order valence-corrected chi connectivity index (χ1v) is 8.45. The Morgan fingerprint density at radius 2 is 1.54 bits per heavy atom. The van der Waals surface area contributed by atoms with Crippen LogP contribution in [0.4, 0.5) is 34.3 Å². The summed E-state index contributed by atoms with van der Waals surface area (Å²) in [5, 5.41) is 8.47. The first-order chi connectivity index (χ1) is 13.1. The van der Waals surface area contributed by atoms with Crippen molar-refractivity contribution in [2.45, 2.75) is 20.0 Å². The number of nitrogens with one attached hydrogen (secondary N) is 4. The summed E-state index contributed by atoms with van der Waals surface area (Å²) in [5.41, 5.74) is -1.34. The minimum atomic E-state index is -4.68. The van der Waals surface area contributed by atoms with Gasteiger partial charge in [-0.1, -0.05) is 0 Å². The smallest absolute Gasteiger partial charge is 0.417 e. The zero-order valence-electron chi connectivity index (χ0n) is 14.6. The summed E-state index contributed by atoms with van der Waals surface area (Å²) in [6.07, 6.45) is -5.88. The van der Waals surface area contributed by atoms with E-state index in [9.17, 15) is 22.8 Å². The summed E-state index contributed by atoms with van der Waals surface area (Å²) >= 11 is 9.73. The number of carbonyl (C=O) groups excluding carboxylic acids is 2. The Bertz CT molecular complexity index is 761. The second-order valence-electron chi connectivity index (χ2n) is 4.72. The number of thiocarbonyl (C=S) groups is 2. The Morgan fingerprint density at radius 3 is 2.00 bits per heavy atom. The van der Waals surface area contributed by atoms with Crippen molar-refractivity contribution in [1.82, 2.24) is 15.6 Å². The van der Waals surface area contributed by atoms with Crippen molar-refractivity contribution in [2.24, 2.45) is 0 Å². The molecule has 0 unspecified atom stereocenters. The van der Waals surface area contributed by atoms with Crippen LogP contribution in [0.1, 0.15) is 19.4 Å². The lowest BCUT2D eigenvalue weighted by Gasteiger charge is -2.16. The van der Waals surface area contributed by atoms with E-state index in [2.05, 4.69) is 35.7 Å². The number of pyridine rings is 1. The molecule has 1 heterocycles. The quantitative estimate of drug-likeness (QED) is 0.526. The summed E-state index contributed by atoms with van der Waals surface area (Å²) in [6.45, 7) is 3.30. The molecule has 9 nitrogen and oxygen atoms in total. The molecule has 1 aromatic heterocycles. The van der Waals surface area contributed by atoms with E-state index in [1.165, 1.54) is 0 Å². The van der Waals surface area contributed by atoms with Crippen LogP contribution in [0, 0.1) is 0 Å². The van der Waals surface area contributed by atoms with Crippen LogP contribution >= 0.6 is 24.4 Å². The number of amides is 2.